The molecule has 0 aliphatic rings. The predicted molar refractivity (Wildman–Crippen MR) is 408 cm³/mol. The second-order valence-electron chi connectivity index (χ2n) is 23.6. The monoisotopic (exact) mass is 1420 g/mol. The van der Waals surface area contributed by atoms with Crippen LogP contribution in [0.1, 0.15) is 239 Å². The first-order valence-corrected chi connectivity index (χ1v) is 39.7. The molecule has 4 N–H and O–H groups in total. The number of allylic oxidation sites excluding steroid dienone is 32. The highest BCUT2D eigenvalue weighted by Crippen LogP contribution is 2.45. The van der Waals surface area contributed by atoms with E-state index in [0.29, 0.717) is 25.7 Å². The summed E-state index contributed by atoms with van der Waals surface area (Å²) in [5, 5.41) is 20.6. The smallest absolute Gasteiger partial charge is 0.463 e. The summed E-state index contributed by atoms with van der Waals surface area (Å²) < 4.78 is 60.9. The van der Waals surface area contributed by atoms with Crippen LogP contribution in [0.5, 0.6) is 0 Å². The molecule has 0 saturated carbocycles. The Morgan fingerprint density at radius 3 is 0.828 bits per heavy atom. The van der Waals surface area contributed by atoms with Gasteiger partial charge in [-0.3, -0.25) is 32.5 Å². The second kappa shape index (κ2) is 72.2. The summed E-state index contributed by atoms with van der Waals surface area (Å²) in [5.41, 5.74) is 0. The number of carbonyl (C=O) groups is 3. The van der Waals surface area contributed by atoms with E-state index in [1.807, 2.05) is 12.2 Å². The molecule has 18 heteroatoms. The molecule has 0 aliphatic heterocycles. The molecule has 5 atom stereocenters. The minimum absolute atomic E-state index is 0.0128. The highest BCUT2D eigenvalue weighted by molar-refractivity contribution is 7.47. The molecule has 0 amide bonds. The molecule has 99 heavy (non-hydrogen) atoms. The van der Waals surface area contributed by atoms with Gasteiger partial charge in [-0.1, -0.05) is 260 Å². The fourth-order valence-corrected chi connectivity index (χ4v) is 10.4. The van der Waals surface area contributed by atoms with Crippen molar-refractivity contribution in [1.82, 2.24) is 0 Å². The molecule has 0 fully saturated rings. The molecular weight excluding hydrogens is 1290 g/mol. The molecule has 0 aromatic heterocycles. The van der Waals surface area contributed by atoms with E-state index in [4.69, 9.17) is 32.3 Å². The molecule has 16 nitrogen and oxygen atoms in total. The molecular formula is C81H128O16P2. The number of esters is 3. The van der Waals surface area contributed by atoms with E-state index in [9.17, 15) is 43.5 Å². The normalized spacial score (nSPS) is 15.2. The van der Waals surface area contributed by atoms with E-state index in [0.717, 1.165) is 173 Å². The van der Waals surface area contributed by atoms with Crippen LogP contribution in [0.2, 0.25) is 0 Å². The Balaban J connectivity index is 4.75. The minimum atomic E-state index is -4.96. The predicted octanol–water partition coefficient (Wildman–Crippen LogP) is 21.2. The number of phosphoric acid groups is 2. The fraction of sp³-hybridized carbons (Fsp3) is 0.568. The maximum atomic E-state index is 12.9. The van der Waals surface area contributed by atoms with E-state index < -0.39 is 91.5 Å². The van der Waals surface area contributed by atoms with E-state index in [2.05, 4.69) is 203 Å². The number of aliphatic hydroxyl groups is 2. The summed E-state index contributed by atoms with van der Waals surface area (Å²) >= 11 is 0. The molecule has 558 valence electrons. The summed E-state index contributed by atoms with van der Waals surface area (Å²) in [5.74, 6) is -1.70. The van der Waals surface area contributed by atoms with Gasteiger partial charge in [0, 0.05) is 19.3 Å². The Bertz CT molecular complexity index is 2580. The molecule has 5 unspecified atom stereocenters. The van der Waals surface area contributed by atoms with Crippen LogP contribution in [0.15, 0.2) is 194 Å². The van der Waals surface area contributed by atoms with Crippen molar-refractivity contribution in [3.8, 4) is 0 Å². The highest BCUT2D eigenvalue weighted by Gasteiger charge is 2.29. The third kappa shape index (κ3) is 73.4. The molecule has 0 spiro atoms. The van der Waals surface area contributed by atoms with Crippen LogP contribution >= 0.6 is 15.6 Å². The lowest BCUT2D eigenvalue weighted by atomic mass is 10.1. The summed E-state index contributed by atoms with van der Waals surface area (Å²) in [6.07, 6.45) is 93.4. The van der Waals surface area contributed by atoms with Gasteiger partial charge in [-0.25, -0.2) is 9.13 Å². The number of ether oxygens (including phenoxy) is 3. The van der Waals surface area contributed by atoms with Crippen molar-refractivity contribution < 1.29 is 75.8 Å². The molecule has 0 aromatic carbocycles. The number of carbonyl (C=O) groups excluding carboxylic acids is 3. The zero-order valence-electron chi connectivity index (χ0n) is 60.6. The van der Waals surface area contributed by atoms with Crippen LogP contribution in [0.25, 0.3) is 0 Å². The highest BCUT2D eigenvalue weighted by atomic mass is 31.2. The maximum absolute atomic E-state index is 12.9. The number of aliphatic hydroxyl groups excluding tert-OH is 2. The van der Waals surface area contributed by atoms with Crippen LogP contribution in [0, 0.1) is 0 Å². The lowest BCUT2D eigenvalue weighted by molar-refractivity contribution is -0.161. The van der Waals surface area contributed by atoms with Gasteiger partial charge in [-0.15, -0.1) is 0 Å². The SMILES string of the molecule is CC/C=C\C/C=C\C/C=C\C/C=C\C/C=C\C/C=C\CCCCCCCCC(=O)OCC(O)COP(=O)(O)OCC(O)COP(=O)(O)OCC(COC(=O)CCCCCCC/C=C\C/C=C\C/C=C\C/C=C\C/C=C\CC)OC(=O)CCC/C=C\C/C=C\C/C=C\C/C=C\C/C=C\CC. The topological polar surface area (TPSA) is 231 Å². The van der Waals surface area contributed by atoms with Gasteiger partial charge in [0.15, 0.2) is 6.10 Å². The van der Waals surface area contributed by atoms with Crippen LogP contribution in [0.3, 0.4) is 0 Å². The van der Waals surface area contributed by atoms with Crippen molar-refractivity contribution in [2.24, 2.45) is 0 Å². The van der Waals surface area contributed by atoms with Gasteiger partial charge in [-0.05, 0) is 154 Å². The first kappa shape index (κ1) is 93.4. The van der Waals surface area contributed by atoms with Crippen molar-refractivity contribution >= 4 is 33.6 Å². The summed E-state index contributed by atoms with van der Waals surface area (Å²) in [6, 6.07) is 0. The first-order chi connectivity index (χ1) is 48.2. The Hall–Kier alpha value is -5.61. The van der Waals surface area contributed by atoms with Crippen LogP contribution in [0.4, 0.5) is 0 Å². The Labute approximate surface area is 597 Å². The first-order valence-electron chi connectivity index (χ1n) is 36.7. The number of hydrogen-bond acceptors (Lipinski definition) is 14. The van der Waals surface area contributed by atoms with Crippen molar-refractivity contribution in [2.75, 3.05) is 39.6 Å². The third-order valence-electron chi connectivity index (χ3n) is 14.3. The molecule has 0 aromatic rings. The van der Waals surface area contributed by atoms with E-state index >= 15 is 0 Å². The van der Waals surface area contributed by atoms with Gasteiger partial charge in [0.05, 0.1) is 26.4 Å². The number of phosphoric ester groups is 2. The van der Waals surface area contributed by atoms with Gasteiger partial charge >= 0.3 is 33.6 Å². The van der Waals surface area contributed by atoms with Crippen molar-refractivity contribution in [1.29, 1.82) is 0 Å². The lowest BCUT2D eigenvalue weighted by Crippen LogP contribution is -2.30. The average molecular weight is 1420 g/mol. The molecule has 0 rings (SSSR count). The molecule has 0 radical (unpaired) electrons. The molecule has 0 saturated heterocycles. The van der Waals surface area contributed by atoms with Crippen LogP contribution < -0.4 is 0 Å². The van der Waals surface area contributed by atoms with Gasteiger partial charge in [0.1, 0.15) is 25.4 Å². The Morgan fingerprint density at radius 2 is 0.515 bits per heavy atom. The quantitative estimate of drug-likeness (QED) is 0.0146. The zero-order chi connectivity index (χ0) is 72.3. The van der Waals surface area contributed by atoms with Gasteiger partial charge < -0.3 is 34.2 Å². The third-order valence-corrected chi connectivity index (χ3v) is 16.2. The summed E-state index contributed by atoms with van der Waals surface area (Å²) in [4.78, 5) is 58.5. The summed E-state index contributed by atoms with van der Waals surface area (Å²) in [6.45, 7) is 2.18. The Kier molecular flexibility index (Phi) is 68.1. The van der Waals surface area contributed by atoms with Crippen molar-refractivity contribution in [3.63, 3.8) is 0 Å². The van der Waals surface area contributed by atoms with Crippen LogP contribution in [-0.4, -0.2) is 95.9 Å². The van der Waals surface area contributed by atoms with E-state index in [1.165, 1.54) is 0 Å². The lowest BCUT2D eigenvalue weighted by Gasteiger charge is -2.21. The summed E-state index contributed by atoms with van der Waals surface area (Å²) in [7, 11) is -9.83. The molecule has 0 aliphatic carbocycles. The largest absolute Gasteiger partial charge is 0.472 e. The van der Waals surface area contributed by atoms with Gasteiger partial charge in [-0.2, -0.15) is 0 Å². The van der Waals surface area contributed by atoms with Gasteiger partial charge in [0.2, 0.25) is 0 Å². The minimum Gasteiger partial charge on any atom is -0.463 e. The van der Waals surface area contributed by atoms with Crippen molar-refractivity contribution in [2.45, 2.75) is 257 Å². The maximum Gasteiger partial charge on any atom is 0.472 e. The average Bonchev–Trinajstić information content (AvgIpc) is 2.07. The Morgan fingerprint density at radius 1 is 0.283 bits per heavy atom. The van der Waals surface area contributed by atoms with Gasteiger partial charge in [0.25, 0.3) is 0 Å². The second-order valence-corrected chi connectivity index (χ2v) is 26.5. The molecule has 0 bridgehead atoms. The fourth-order valence-electron chi connectivity index (χ4n) is 8.81. The van der Waals surface area contributed by atoms with E-state index in [1.54, 1.807) is 0 Å². The number of unbranched alkanes of at least 4 members (excludes halogenated alkanes) is 12. The van der Waals surface area contributed by atoms with E-state index in [-0.39, 0.29) is 19.3 Å². The molecule has 0 heterocycles. The number of hydrogen-bond donors (Lipinski definition) is 4. The standard InChI is InChI=1S/C81H128O16P2/c1-4-7-10-13-16-19-22-25-28-31-33-35-36-37-38-40-42-44-46-49-52-55-58-61-64-67-79(84)91-70-76(82)71-93-98(87,88)94-72-77(83)73-95-99(89,90)96-75-78(97-81(86)69-66-63-60-57-54-51-48-43-30-27-24-21-18-15-12-9-6-3)74-92-80(85)68-65-62-59-56-53-50-47-45-41-39-34-32-29-26-23-20-17-14-11-8-5-2/h7-12,16-21,25-30,33-35,37-39,42,44-45,47-48,51,57,60,76-78,82-83H,4-6,13-15,22-24,31-32,36,40-41,43,46,49-50,52-56,58-59,61-75H2,1-3H3,(H,87,88)(H,89,90)/b10-7-,11-8-,12-9-,19-16-,20-17-,21-18-,28-25-,29-26-,30-27-,35-33-,38-37-,39-34-,44-42-,47-45-,51-48-,60-57-. The number of rotatable bonds is 67. The van der Waals surface area contributed by atoms with Crippen molar-refractivity contribution in [3.05, 3.63) is 194 Å². The zero-order valence-corrected chi connectivity index (χ0v) is 62.4. The van der Waals surface area contributed by atoms with Crippen LogP contribution in [-0.2, 0) is 55.8 Å².